The predicted octanol–water partition coefficient (Wildman–Crippen LogP) is 2.01. The van der Waals surface area contributed by atoms with E-state index in [0.29, 0.717) is 6.42 Å². The molecule has 0 aliphatic carbocycles. The van der Waals surface area contributed by atoms with Gasteiger partial charge in [-0.2, -0.15) is 0 Å². The molecule has 0 amide bonds. The van der Waals surface area contributed by atoms with Crippen LogP contribution in [-0.2, 0) is 14.4 Å². The molecule has 0 aliphatic heterocycles. The van der Waals surface area contributed by atoms with Gasteiger partial charge in [0.15, 0.2) is 0 Å². The van der Waals surface area contributed by atoms with E-state index in [2.05, 4.69) is 0 Å². The van der Waals surface area contributed by atoms with Crippen LogP contribution in [0, 0.1) is 0 Å². The number of aliphatic carboxylic acids is 2. The Balaban J connectivity index is 3.43. The Morgan fingerprint density at radius 2 is 1.47 bits per heavy atom. The monoisotopic (exact) mass is 242 g/mol. The lowest BCUT2D eigenvalue weighted by Crippen LogP contribution is -2.01. The van der Waals surface area contributed by atoms with Crippen molar-refractivity contribution in [2.75, 3.05) is 0 Å². The van der Waals surface area contributed by atoms with Crippen molar-refractivity contribution in [3.8, 4) is 0 Å². The Kier molecular flexibility index (Phi) is 8.64. The first-order valence-electron chi connectivity index (χ1n) is 5.62. The van der Waals surface area contributed by atoms with Crippen LogP contribution < -0.4 is 0 Å². The quantitative estimate of drug-likeness (QED) is 0.451. The average Bonchev–Trinajstić information content (AvgIpc) is 2.24. The Bertz CT molecular complexity index is 293. The third-order valence-electron chi connectivity index (χ3n) is 2.14. The molecule has 0 bridgehead atoms. The highest BCUT2D eigenvalue weighted by Crippen LogP contribution is 2.02. The lowest BCUT2D eigenvalue weighted by Gasteiger charge is -1.94. The Labute approximate surface area is 100 Å². The van der Waals surface area contributed by atoms with Gasteiger partial charge in [-0.3, -0.25) is 14.4 Å². The molecule has 0 atom stereocenters. The van der Waals surface area contributed by atoms with Crippen LogP contribution in [0.4, 0.5) is 0 Å². The standard InChI is InChI=1S/C12H18O5/c13-10(8-9-12(16)17)6-4-2-1-3-5-7-11(14)15/h2,4H,1,3,5-9H2,(H,14,15)(H,16,17)/b4-2+. The number of Topliss-reactive ketones (excluding diaryl/α,β-unsaturated/α-hetero) is 1. The maximum atomic E-state index is 11.1. The average molecular weight is 242 g/mol. The summed E-state index contributed by atoms with van der Waals surface area (Å²) < 4.78 is 0. The molecule has 0 aromatic rings. The zero-order valence-electron chi connectivity index (χ0n) is 9.72. The van der Waals surface area contributed by atoms with E-state index in [1.54, 1.807) is 6.08 Å². The van der Waals surface area contributed by atoms with Crippen molar-refractivity contribution in [2.24, 2.45) is 0 Å². The van der Waals surface area contributed by atoms with Crippen molar-refractivity contribution in [3.05, 3.63) is 12.2 Å². The number of hydrogen-bond acceptors (Lipinski definition) is 3. The maximum absolute atomic E-state index is 11.1. The molecule has 0 fully saturated rings. The van der Waals surface area contributed by atoms with Crippen molar-refractivity contribution in [3.63, 3.8) is 0 Å². The number of allylic oxidation sites excluding steroid dienone is 2. The third kappa shape index (κ3) is 12.3. The summed E-state index contributed by atoms with van der Waals surface area (Å²) in [5, 5.41) is 16.7. The number of unbranched alkanes of at least 4 members (excludes halogenated alkanes) is 2. The number of carbonyl (C=O) groups excluding carboxylic acids is 1. The van der Waals surface area contributed by atoms with Gasteiger partial charge < -0.3 is 10.2 Å². The van der Waals surface area contributed by atoms with Crippen LogP contribution in [-0.4, -0.2) is 27.9 Å². The van der Waals surface area contributed by atoms with Gasteiger partial charge in [-0.05, 0) is 19.3 Å². The zero-order chi connectivity index (χ0) is 13.1. The second-order valence-corrected chi connectivity index (χ2v) is 3.75. The number of rotatable bonds is 10. The predicted molar refractivity (Wildman–Crippen MR) is 61.7 cm³/mol. The summed E-state index contributed by atoms with van der Waals surface area (Å²) in [5.41, 5.74) is 0. The van der Waals surface area contributed by atoms with Crippen LogP contribution >= 0.6 is 0 Å². The molecule has 5 heteroatoms. The lowest BCUT2D eigenvalue weighted by molar-refractivity contribution is -0.138. The highest BCUT2D eigenvalue weighted by atomic mass is 16.4. The SMILES string of the molecule is O=C(O)CCCC/C=C/CC(=O)CCC(=O)O. The smallest absolute Gasteiger partial charge is 0.303 e. The third-order valence-corrected chi connectivity index (χ3v) is 2.14. The van der Waals surface area contributed by atoms with Crippen molar-refractivity contribution in [2.45, 2.75) is 44.9 Å². The van der Waals surface area contributed by atoms with E-state index >= 15 is 0 Å². The number of ketones is 1. The second kappa shape index (κ2) is 9.57. The number of hydrogen-bond donors (Lipinski definition) is 2. The number of carboxylic acids is 2. The summed E-state index contributed by atoms with van der Waals surface area (Å²) in [6.45, 7) is 0. The molecular weight excluding hydrogens is 224 g/mol. The molecule has 0 aromatic heterocycles. The Hall–Kier alpha value is -1.65. The summed E-state index contributed by atoms with van der Waals surface area (Å²) in [7, 11) is 0. The molecule has 0 unspecified atom stereocenters. The summed E-state index contributed by atoms with van der Waals surface area (Å²) in [5.74, 6) is -1.84. The van der Waals surface area contributed by atoms with Crippen molar-refractivity contribution >= 4 is 17.7 Å². The lowest BCUT2D eigenvalue weighted by atomic mass is 10.1. The first-order chi connectivity index (χ1) is 8.02. The fraction of sp³-hybridized carbons (Fsp3) is 0.583. The van der Waals surface area contributed by atoms with Gasteiger partial charge in [0.1, 0.15) is 5.78 Å². The molecule has 5 nitrogen and oxygen atoms in total. The molecule has 0 aromatic carbocycles. The molecule has 0 aliphatic rings. The minimum Gasteiger partial charge on any atom is -0.481 e. The van der Waals surface area contributed by atoms with E-state index in [-0.39, 0.29) is 31.5 Å². The van der Waals surface area contributed by atoms with Gasteiger partial charge >= 0.3 is 11.9 Å². The van der Waals surface area contributed by atoms with Crippen LogP contribution in [0.3, 0.4) is 0 Å². The van der Waals surface area contributed by atoms with Gasteiger partial charge in [0.2, 0.25) is 0 Å². The summed E-state index contributed by atoms with van der Waals surface area (Å²) in [6.07, 6.45) is 6.09. The van der Waals surface area contributed by atoms with Crippen molar-refractivity contribution < 1.29 is 24.6 Å². The van der Waals surface area contributed by atoms with Gasteiger partial charge in [-0.1, -0.05) is 12.2 Å². The van der Waals surface area contributed by atoms with E-state index in [1.807, 2.05) is 6.08 Å². The van der Waals surface area contributed by atoms with E-state index in [1.165, 1.54) is 0 Å². The van der Waals surface area contributed by atoms with Gasteiger partial charge in [0, 0.05) is 19.3 Å². The normalized spacial score (nSPS) is 10.6. The molecule has 2 N–H and O–H groups in total. The Morgan fingerprint density at radius 1 is 0.824 bits per heavy atom. The fourth-order valence-corrected chi connectivity index (χ4v) is 1.22. The summed E-state index contributed by atoms with van der Waals surface area (Å²) in [6, 6.07) is 0. The summed E-state index contributed by atoms with van der Waals surface area (Å²) >= 11 is 0. The van der Waals surface area contributed by atoms with Crippen LogP contribution in [0.15, 0.2) is 12.2 Å². The summed E-state index contributed by atoms with van der Waals surface area (Å²) in [4.78, 5) is 31.5. The van der Waals surface area contributed by atoms with Crippen LogP contribution in [0.25, 0.3) is 0 Å². The van der Waals surface area contributed by atoms with Gasteiger partial charge in [0.25, 0.3) is 0 Å². The number of carbonyl (C=O) groups is 3. The minimum atomic E-state index is -0.962. The van der Waals surface area contributed by atoms with Crippen LogP contribution in [0.1, 0.15) is 44.9 Å². The molecular formula is C12H18O5. The molecule has 0 radical (unpaired) electrons. The highest BCUT2D eigenvalue weighted by Gasteiger charge is 2.02. The van der Waals surface area contributed by atoms with Gasteiger partial charge in [0.05, 0.1) is 6.42 Å². The van der Waals surface area contributed by atoms with E-state index < -0.39 is 11.9 Å². The zero-order valence-corrected chi connectivity index (χ0v) is 9.72. The van der Waals surface area contributed by atoms with Gasteiger partial charge in [-0.15, -0.1) is 0 Å². The molecule has 0 heterocycles. The van der Waals surface area contributed by atoms with E-state index in [9.17, 15) is 14.4 Å². The minimum absolute atomic E-state index is 0.0681. The first kappa shape index (κ1) is 15.3. The molecule has 0 saturated carbocycles. The van der Waals surface area contributed by atoms with Crippen molar-refractivity contribution in [1.29, 1.82) is 0 Å². The van der Waals surface area contributed by atoms with Crippen molar-refractivity contribution in [1.82, 2.24) is 0 Å². The topological polar surface area (TPSA) is 91.7 Å². The number of carboxylic acid groups (broad SMARTS) is 2. The fourth-order valence-electron chi connectivity index (χ4n) is 1.22. The molecule has 0 rings (SSSR count). The van der Waals surface area contributed by atoms with Gasteiger partial charge in [-0.25, -0.2) is 0 Å². The highest BCUT2D eigenvalue weighted by molar-refractivity contribution is 5.83. The molecule has 0 spiro atoms. The van der Waals surface area contributed by atoms with Crippen LogP contribution in [0.2, 0.25) is 0 Å². The maximum Gasteiger partial charge on any atom is 0.303 e. The second-order valence-electron chi connectivity index (χ2n) is 3.75. The largest absolute Gasteiger partial charge is 0.481 e. The Morgan fingerprint density at radius 3 is 2.06 bits per heavy atom. The first-order valence-corrected chi connectivity index (χ1v) is 5.62. The van der Waals surface area contributed by atoms with Crippen LogP contribution in [0.5, 0.6) is 0 Å². The van der Waals surface area contributed by atoms with E-state index in [0.717, 1.165) is 12.8 Å². The molecule has 17 heavy (non-hydrogen) atoms. The van der Waals surface area contributed by atoms with E-state index in [4.69, 9.17) is 10.2 Å². The molecule has 0 saturated heterocycles. The molecule has 96 valence electrons.